The molecule has 118 valence electrons. The third-order valence-corrected chi connectivity index (χ3v) is 5.11. The summed E-state index contributed by atoms with van der Waals surface area (Å²) in [6, 6.07) is 10.7. The Hall–Kier alpha value is -1.40. The van der Waals surface area contributed by atoms with Gasteiger partial charge in [-0.15, -0.1) is 0 Å². The SMILES string of the molecule is S=C(NCc1ccccc1)NNC(=S)N[C@H]1C[C@H]2CC[C@@H]1C2. The molecule has 0 saturated heterocycles. The number of hydrogen-bond donors (Lipinski definition) is 4. The van der Waals surface area contributed by atoms with Gasteiger partial charge in [0.25, 0.3) is 0 Å². The van der Waals surface area contributed by atoms with Crippen LogP contribution in [0.5, 0.6) is 0 Å². The Labute approximate surface area is 142 Å². The second-order valence-electron chi connectivity index (χ2n) is 6.17. The fourth-order valence-electron chi connectivity index (χ4n) is 3.56. The number of hydrazine groups is 1. The molecule has 4 nitrogen and oxygen atoms in total. The number of benzene rings is 1. The van der Waals surface area contributed by atoms with E-state index in [0.717, 1.165) is 11.8 Å². The van der Waals surface area contributed by atoms with Gasteiger partial charge in [0.15, 0.2) is 10.2 Å². The van der Waals surface area contributed by atoms with Gasteiger partial charge < -0.3 is 10.6 Å². The molecule has 0 aromatic heterocycles. The summed E-state index contributed by atoms with van der Waals surface area (Å²) in [5.41, 5.74) is 7.10. The van der Waals surface area contributed by atoms with Crippen LogP contribution in [0.25, 0.3) is 0 Å². The average molecular weight is 335 g/mol. The number of rotatable bonds is 3. The summed E-state index contributed by atoms with van der Waals surface area (Å²) < 4.78 is 0. The summed E-state index contributed by atoms with van der Waals surface area (Å²) in [6.45, 7) is 0.695. The first-order valence-electron chi connectivity index (χ1n) is 7.85. The Bertz CT molecular complexity index is 534. The van der Waals surface area contributed by atoms with Crippen molar-refractivity contribution in [2.45, 2.75) is 38.3 Å². The highest BCUT2D eigenvalue weighted by molar-refractivity contribution is 7.80. The molecular weight excluding hydrogens is 312 g/mol. The number of nitrogens with one attached hydrogen (secondary N) is 4. The number of thiocarbonyl (C=S) groups is 2. The summed E-state index contributed by atoms with van der Waals surface area (Å²) in [7, 11) is 0. The van der Waals surface area contributed by atoms with Gasteiger partial charge in [-0.2, -0.15) is 0 Å². The van der Waals surface area contributed by atoms with Gasteiger partial charge in [-0.3, -0.25) is 10.9 Å². The Morgan fingerprint density at radius 3 is 2.45 bits per heavy atom. The maximum absolute atomic E-state index is 5.33. The lowest BCUT2D eigenvalue weighted by Gasteiger charge is -2.24. The number of hydrogen-bond acceptors (Lipinski definition) is 2. The fraction of sp³-hybridized carbons (Fsp3) is 0.500. The van der Waals surface area contributed by atoms with E-state index in [1.165, 1.54) is 31.2 Å². The van der Waals surface area contributed by atoms with Gasteiger partial charge in [-0.1, -0.05) is 36.8 Å². The molecule has 0 spiro atoms. The standard InChI is InChI=1S/C16H22N4S2/c21-15(17-10-11-4-2-1-3-5-11)19-20-16(22)18-14-9-12-6-7-13(14)8-12/h1-5,12-14H,6-10H2,(H2,17,19,21)(H2,18,20,22)/t12-,13+,14-/m0/s1. The summed E-state index contributed by atoms with van der Waals surface area (Å²) >= 11 is 10.6. The maximum Gasteiger partial charge on any atom is 0.185 e. The van der Waals surface area contributed by atoms with Crippen LogP contribution in [0.2, 0.25) is 0 Å². The van der Waals surface area contributed by atoms with E-state index >= 15 is 0 Å². The maximum atomic E-state index is 5.33. The third kappa shape index (κ3) is 4.08. The Morgan fingerprint density at radius 2 is 1.77 bits per heavy atom. The van der Waals surface area contributed by atoms with E-state index in [2.05, 4.69) is 33.6 Å². The van der Waals surface area contributed by atoms with Crippen LogP contribution in [0.3, 0.4) is 0 Å². The third-order valence-electron chi connectivity index (χ3n) is 4.64. The van der Waals surface area contributed by atoms with E-state index in [-0.39, 0.29) is 0 Å². The van der Waals surface area contributed by atoms with E-state index in [4.69, 9.17) is 24.4 Å². The minimum Gasteiger partial charge on any atom is -0.358 e. The van der Waals surface area contributed by atoms with Crippen molar-refractivity contribution in [1.82, 2.24) is 21.5 Å². The van der Waals surface area contributed by atoms with Crippen LogP contribution in [0.1, 0.15) is 31.2 Å². The summed E-state index contributed by atoms with van der Waals surface area (Å²) in [5.74, 6) is 1.71. The lowest BCUT2D eigenvalue weighted by molar-refractivity contribution is 0.389. The van der Waals surface area contributed by atoms with Crippen molar-refractivity contribution < 1.29 is 0 Å². The van der Waals surface area contributed by atoms with Gasteiger partial charge in [-0.25, -0.2) is 0 Å². The van der Waals surface area contributed by atoms with Gasteiger partial charge in [-0.05, 0) is 61.1 Å². The van der Waals surface area contributed by atoms with Crippen LogP contribution in [0.4, 0.5) is 0 Å². The largest absolute Gasteiger partial charge is 0.358 e. The number of fused-ring (bicyclic) bond motifs is 2. The molecule has 2 bridgehead atoms. The Morgan fingerprint density at radius 1 is 1.00 bits per heavy atom. The highest BCUT2D eigenvalue weighted by atomic mass is 32.1. The van der Waals surface area contributed by atoms with Gasteiger partial charge in [0.2, 0.25) is 0 Å². The second-order valence-corrected chi connectivity index (χ2v) is 6.99. The Kier molecular flexibility index (Phi) is 5.10. The normalized spacial score (nSPS) is 25.5. The smallest absolute Gasteiger partial charge is 0.185 e. The topological polar surface area (TPSA) is 48.1 Å². The summed E-state index contributed by atoms with van der Waals surface area (Å²) in [4.78, 5) is 0. The molecule has 4 N–H and O–H groups in total. The van der Waals surface area contributed by atoms with Crippen molar-refractivity contribution in [3.05, 3.63) is 35.9 Å². The lowest BCUT2D eigenvalue weighted by atomic mass is 9.96. The van der Waals surface area contributed by atoms with Crippen molar-refractivity contribution in [2.75, 3.05) is 0 Å². The molecule has 6 heteroatoms. The molecule has 2 saturated carbocycles. The second kappa shape index (κ2) is 7.24. The van der Waals surface area contributed by atoms with Gasteiger partial charge >= 0.3 is 0 Å². The van der Waals surface area contributed by atoms with E-state index in [0.29, 0.717) is 22.8 Å². The van der Waals surface area contributed by atoms with Crippen LogP contribution in [-0.4, -0.2) is 16.3 Å². The Balaban J connectivity index is 1.33. The minimum absolute atomic E-state index is 0.534. The fourth-order valence-corrected chi connectivity index (χ4v) is 3.89. The van der Waals surface area contributed by atoms with Crippen LogP contribution in [0.15, 0.2) is 30.3 Å². The zero-order valence-electron chi connectivity index (χ0n) is 12.5. The van der Waals surface area contributed by atoms with Gasteiger partial charge in [0.05, 0.1) is 0 Å². The predicted molar refractivity (Wildman–Crippen MR) is 97.1 cm³/mol. The van der Waals surface area contributed by atoms with Crippen molar-refractivity contribution in [3.8, 4) is 0 Å². The molecular formula is C16H22N4S2. The highest BCUT2D eigenvalue weighted by Gasteiger charge is 2.39. The molecule has 2 aliphatic carbocycles. The lowest BCUT2D eigenvalue weighted by Crippen LogP contribution is -2.52. The molecule has 0 heterocycles. The molecule has 0 amide bonds. The van der Waals surface area contributed by atoms with Crippen molar-refractivity contribution >= 4 is 34.7 Å². The van der Waals surface area contributed by atoms with Crippen molar-refractivity contribution in [2.24, 2.45) is 11.8 Å². The molecule has 0 aliphatic heterocycles. The van der Waals surface area contributed by atoms with E-state index in [1.54, 1.807) is 0 Å². The van der Waals surface area contributed by atoms with Gasteiger partial charge in [0, 0.05) is 12.6 Å². The van der Waals surface area contributed by atoms with E-state index in [1.807, 2.05) is 18.2 Å². The quantitative estimate of drug-likeness (QED) is 0.502. The first-order chi connectivity index (χ1) is 10.7. The van der Waals surface area contributed by atoms with Gasteiger partial charge in [0.1, 0.15) is 0 Å². The van der Waals surface area contributed by atoms with Crippen molar-refractivity contribution in [3.63, 3.8) is 0 Å². The first kappa shape index (κ1) is 15.5. The molecule has 3 rings (SSSR count). The van der Waals surface area contributed by atoms with Crippen LogP contribution >= 0.6 is 24.4 Å². The molecule has 0 unspecified atom stereocenters. The van der Waals surface area contributed by atoms with Crippen LogP contribution in [-0.2, 0) is 6.54 Å². The summed E-state index contributed by atoms with van der Waals surface area (Å²) in [6.07, 6.45) is 5.36. The van der Waals surface area contributed by atoms with Crippen LogP contribution in [0, 0.1) is 11.8 Å². The molecule has 0 radical (unpaired) electrons. The first-order valence-corrected chi connectivity index (χ1v) is 8.66. The highest BCUT2D eigenvalue weighted by Crippen LogP contribution is 2.44. The van der Waals surface area contributed by atoms with E-state index < -0.39 is 0 Å². The van der Waals surface area contributed by atoms with Crippen LogP contribution < -0.4 is 21.5 Å². The molecule has 1 aromatic carbocycles. The zero-order valence-corrected chi connectivity index (χ0v) is 14.1. The average Bonchev–Trinajstić information content (AvgIpc) is 3.14. The van der Waals surface area contributed by atoms with E-state index in [9.17, 15) is 0 Å². The molecule has 2 fully saturated rings. The predicted octanol–water partition coefficient (Wildman–Crippen LogP) is 2.22. The monoisotopic (exact) mass is 334 g/mol. The molecule has 1 aromatic rings. The minimum atomic E-state index is 0.534. The summed E-state index contributed by atoms with van der Waals surface area (Å²) in [5, 5.41) is 7.72. The molecule has 3 atom stereocenters. The molecule has 2 aliphatic rings. The molecule has 22 heavy (non-hydrogen) atoms. The van der Waals surface area contributed by atoms with Crippen molar-refractivity contribution in [1.29, 1.82) is 0 Å². The zero-order chi connectivity index (χ0) is 15.4.